The van der Waals surface area contributed by atoms with Gasteiger partial charge in [0.15, 0.2) is 0 Å². The van der Waals surface area contributed by atoms with Crippen LogP contribution in [0.25, 0.3) is 0 Å². The topological polar surface area (TPSA) is 40.6 Å². The first-order valence-electron chi connectivity index (χ1n) is 5.86. The predicted octanol–water partition coefficient (Wildman–Crippen LogP) is 1.58. The summed E-state index contributed by atoms with van der Waals surface area (Å²) in [6, 6.07) is 4.85. The van der Waals surface area contributed by atoms with Gasteiger partial charge in [-0.25, -0.2) is 8.42 Å². The lowest BCUT2D eigenvalue weighted by Crippen LogP contribution is -2.47. The Morgan fingerprint density at radius 1 is 1.17 bits per heavy atom. The zero-order valence-corrected chi connectivity index (χ0v) is 12.1. The second-order valence-electron chi connectivity index (χ2n) is 4.62. The zero-order chi connectivity index (χ0) is 13.3. The zero-order valence-electron chi connectivity index (χ0n) is 10.6. The molecule has 18 heavy (non-hydrogen) atoms. The molecule has 1 aromatic carbocycles. The van der Waals surface area contributed by atoms with E-state index >= 15 is 0 Å². The Bertz CT molecular complexity index is 537. The molecule has 1 aromatic rings. The lowest BCUT2D eigenvalue weighted by Gasteiger charge is -2.31. The second-order valence-corrected chi connectivity index (χ2v) is 6.96. The maximum absolute atomic E-state index is 12.4. The third-order valence-electron chi connectivity index (χ3n) is 3.23. The van der Waals surface area contributed by atoms with Crippen LogP contribution >= 0.6 is 11.6 Å². The van der Waals surface area contributed by atoms with Crippen molar-refractivity contribution in [2.24, 2.45) is 0 Å². The Kier molecular flexibility index (Phi) is 3.96. The minimum atomic E-state index is -3.38. The summed E-state index contributed by atoms with van der Waals surface area (Å²) in [6.45, 7) is 4.43. The lowest BCUT2D eigenvalue weighted by atomic mass is 10.2. The highest BCUT2D eigenvalue weighted by Crippen LogP contribution is 2.22. The van der Waals surface area contributed by atoms with Gasteiger partial charge in [0.2, 0.25) is 10.0 Å². The van der Waals surface area contributed by atoms with Gasteiger partial charge in [0, 0.05) is 31.2 Å². The minimum Gasteiger partial charge on any atom is -0.304 e. The summed E-state index contributed by atoms with van der Waals surface area (Å²) in [7, 11) is -1.38. The van der Waals surface area contributed by atoms with E-state index in [1.165, 1.54) is 4.31 Å². The quantitative estimate of drug-likeness (QED) is 0.830. The van der Waals surface area contributed by atoms with Crippen molar-refractivity contribution in [1.29, 1.82) is 0 Å². The van der Waals surface area contributed by atoms with Gasteiger partial charge < -0.3 is 4.90 Å². The summed E-state index contributed by atoms with van der Waals surface area (Å²) in [5.41, 5.74) is 0.784. The van der Waals surface area contributed by atoms with Gasteiger partial charge in [0.05, 0.1) is 4.90 Å². The first-order valence-corrected chi connectivity index (χ1v) is 7.68. The number of hydrogen-bond donors (Lipinski definition) is 0. The fraction of sp³-hybridized carbons (Fsp3) is 0.500. The molecular formula is C12H17ClN2O2S. The van der Waals surface area contributed by atoms with Crippen LogP contribution in [0.15, 0.2) is 23.1 Å². The molecule has 0 unspecified atom stereocenters. The highest BCUT2D eigenvalue weighted by molar-refractivity contribution is 7.89. The van der Waals surface area contributed by atoms with Crippen molar-refractivity contribution < 1.29 is 8.42 Å². The Morgan fingerprint density at radius 2 is 1.78 bits per heavy atom. The van der Waals surface area contributed by atoms with Crippen LogP contribution in [-0.2, 0) is 10.0 Å². The molecule has 1 saturated heterocycles. The Balaban J connectivity index is 2.27. The largest absolute Gasteiger partial charge is 0.304 e. The van der Waals surface area contributed by atoms with Crippen LogP contribution < -0.4 is 0 Å². The second kappa shape index (κ2) is 5.17. The van der Waals surface area contributed by atoms with Crippen molar-refractivity contribution in [1.82, 2.24) is 9.21 Å². The molecule has 1 fully saturated rings. The molecule has 0 bridgehead atoms. The standard InChI is InChI=1S/C12H17ClN2O2S/c1-10-9-11(3-4-12(10)13)18(16,17)15-7-5-14(2)6-8-15/h3-4,9H,5-8H2,1-2H3. The number of piperazine rings is 1. The molecule has 0 atom stereocenters. The van der Waals surface area contributed by atoms with Crippen LogP contribution in [0.3, 0.4) is 0 Å². The number of hydrogen-bond acceptors (Lipinski definition) is 3. The van der Waals surface area contributed by atoms with Gasteiger partial charge in [0.25, 0.3) is 0 Å². The molecular weight excluding hydrogens is 272 g/mol. The van der Waals surface area contributed by atoms with E-state index in [0.717, 1.165) is 18.7 Å². The molecule has 0 N–H and O–H groups in total. The minimum absolute atomic E-state index is 0.328. The first kappa shape index (κ1) is 13.8. The van der Waals surface area contributed by atoms with Crippen LogP contribution in [0.4, 0.5) is 0 Å². The molecule has 0 radical (unpaired) electrons. The highest BCUT2D eigenvalue weighted by Gasteiger charge is 2.27. The van der Waals surface area contributed by atoms with Crippen molar-refractivity contribution in [3.63, 3.8) is 0 Å². The SMILES string of the molecule is Cc1cc(S(=O)(=O)N2CCN(C)CC2)ccc1Cl. The summed E-state index contributed by atoms with van der Waals surface area (Å²) in [6.07, 6.45) is 0. The molecule has 1 aliphatic rings. The van der Waals surface area contributed by atoms with Crippen LogP contribution in [0.5, 0.6) is 0 Å². The van der Waals surface area contributed by atoms with E-state index in [0.29, 0.717) is 23.0 Å². The normalized spacial score (nSPS) is 19.1. The van der Waals surface area contributed by atoms with Gasteiger partial charge in [-0.05, 0) is 37.7 Å². The maximum Gasteiger partial charge on any atom is 0.243 e. The maximum atomic E-state index is 12.4. The third kappa shape index (κ3) is 2.69. The van der Waals surface area contributed by atoms with Gasteiger partial charge in [-0.3, -0.25) is 0 Å². The average molecular weight is 289 g/mol. The number of rotatable bonds is 2. The summed E-state index contributed by atoms with van der Waals surface area (Å²) in [5.74, 6) is 0. The van der Waals surface area contributed by atoms with Crippen LogP contribution in [-0.4, -0.2) is 50.8 Å². The predicted molar refractivity (Wildman–Crippen MR) is 72.4 cm³/mol. The average Bonchev–Trinajstić information content (AvgIpc) is 2.33. The number of aryl methyl sites for hydroxylation is 1. The monoisotopic (exact) mass is 288 g/mol. The number of halogens is 1. The van der Waals surface area contributed by atoms with Crippen LogP contribution in [0.2, 0.25) is 5.02 Å². The van der Waals surface area contributed by atoms with E-state index < -0.39 is 10.0 Å². The fourth-order valence-electron chi connectivity index (χ4n) is 1.96. The Morgan fingerprint density at radius 3 is 2.33 bits per heavy atom. The van der Waals surface area contributed by atoms with Crippen molar-refractivity contribution >= 4 is 21.6 Å². The number of sulfonamides is 1. The Labute approximate surface area is 113 Å². The summed E-state index contributed by atoms with van der Waals surface area (Å²) in [4.78, 5) is 2.45. The van der Waals surface area contributed by atoms with Gasteiger partial charge in [0.1, 0.15) is 0 Å². The molecule has 1 heterocycles. The van der Waals surface area contributed by atoms with Crippen molar-refractivity contribution in [2.75, 3.05) is 33.2 Å². The summed E-state index contributed by atoms with van der Waals surface area (Å²) in [5, 5.41) is 0.590. The first-order chi connectivity index (χ1) is 8.41. The van der Waals surface area contributed by atoms with E-state index in [2.05, 4.69) is 4.90 Å². The number of benzene rings is 1. The van der Waals surface area contributed by atoms with E-state index in [1.807, 2.05) is 14.0 Å². The van der Waals surface area contributed by atoms with E-state index in [4.69, 9.17) is 11.6 Å². The van der Waals surface area contributed by atoms with Crippen molar-refractivity contribution in [2.45, 2.75) is 11.8 Å². The van der Waals surface area contributed by atoms with E-state index in [1.54, 1.807) is 18.2 Å². The smallest absolute Gasteiger partial charge is 0.243 e. The molecule has 0 spiro atoms. The van der Waals surface area contributed by atoms with Crippen molar-refractivity contribution in [3.05, 3.63) is 28.8 Å². The highest BCUT2D eigenvalue weighted by atomic mass is 35.5. The molecule has 1 aliphatic heterocycles. The van der Waals surface area contributed by atoms with Crippen LogP contribution in [0, 0.1) is 6.92 Å². The van der Waals surface area contributed by atoms with E-state index in [-0.39, 0.29) is 0 Å². The molecule has 0 aromatic heterocycles. The molecule has 0 aliphatic carbocycles. The lowest BCUT2D eigenvalue weighted by molar-refractivity contribution is 0.222. The molecule has 2 rings (SSSR count). The third-order valence-corrected chi connectivity index (χ3v) is 5.55. The van der Waals surface area contributed by atoms with Gasteiger partial charge >= 0.3 is 0 Å². The van der Waals surface area contributed by atoms with Gasteiger partial charge in [-0.1, -0.05) is 11.6 Å². The molecule has 100 valence electrons. The molecule has 4 nitrogen and oxygen atoms in total. The molecule has 0 amide bonds. The fourth-order valence-corrected chi connectivity index (χ4v) is 3.58. The number of likely N-dealkylation sites (N-methyl/N-ethyl adjacent to an activating group) is 1. The molecule has 6 heteroatoms. The Hall–Kier alpha value is -0.620. The van der Waals surface area contributed by atoms with Crippen LogP contribution in [0.1, 0.15) is 5.56 Å². The van der Waals surface area contributed by atoms with Crippen molar-refractivity contribution in [3.8, 4) is 0 Å². The van der Waals surface area contributed by atoms with E-state index in [9.17, 15) is 8.42 Å². The van der Waals surface area contributed by atoms with Gasteiger partial charge in [-0.15, -0.1) is 0 Å². The van der Waals surface area contributed by atoms with Gasteiger partial charge in [-0.2, -0.15) is 4.31 Å². The molecule has 0 saturated carbocycles. The summed E-state index contributed by atoms with van der Waals surface area (Å²) >= 11 is 5.92. The summed E-state index contributed by atoms with van der Waals surface area (Å²) < 4.78 is 26.4. The number of nitrogens with zero attached hydrogens (tertiary/aromatic N) is 2.